The van der Waals surface area contributed by atoms with E-state index in [0.29, 0.717) is 30.8 Å². The van der Waals surface area contributed by atoms with Crippen molar-refractivity contribution in [2.45, 2.75) is 19.9 Å². The third-order valence-electron chi connectivity index (χ3n) is 2.27. The van der Waals surface area contributed by atoms with Crippen LogP contribution < -0.4 is 10.6 Å². The van der Waals surface area contributed by atoms with Crippen LogP contribution in [0, 0.1) is 6.92 Å². The van der Waals surface area contributed by atoms with Gasteiger partial charge in [0.1, 0.15) is 5.76 Å². The highest BCUT2D eigenvalue weighted by atomic mass is 16.4. The van der Waals surface area contributed by atoms with Gasteiger partial charge in [0.25, 0.3) is 0 Å². The van der Waals surface area contributed by atoms with Crippen molar-refractivity contribution in [3.8, 4) is 0 Å². The minimum atomic E-state index is -1.07. The van der Waals surface area contributed by atoms with Crippen molar-refractivity contribution in [1.82, 2.24) is 10.6 Å². The molecule has 0 aliphatic rings. The van der Waals surface area contributed by atoms with Crippen molar-refractivity contribution >= 4 is 11.9 Å². The molecule has 0 unspecified atom stereocenters. The second-order valence-corrected chi connectivity index (χ2v) is 3.63. The summed E-state index contributed by atoms with van der Waals surface area (Å²) in [5.74, 6) is -0.594. The maximum absolute atomic E-state index is 10.9. The van der Waals surface area contributed by atoms with Crippen molar-refractivity contribution in [2.75, 3.05) is 13.6 Å². The second-order valence-electron chi connectivity index (χ2n) is 3.63. The third kappa shape index (κ3) is 3.92. The molecule has 0 spiro atoms. The van der Waals surface area contributed by atoms with Gasteiger partial charge < -0.3 is 20.2 Å². The van der Waals surface area contributed by atoms with E-state index in [1.54, 1.807) is 20.0 Å². The van der Waals surface area contributed by atoms with Gasteiger partial charge in [-0.2, -0.15) is 0 Å². The zero-order valence-corrected chi connectivity index (χ0v) is 9.87. The summed E-state index contributed by atoms with van der Waals surface area (Å²) in [6.45, 7) is 2.61. The highest BCUT2D eigenvalue weighted by Gasteiger charge is 2.13. The van der Waals surface area contributed by atoms with Crippen LogP contribution in [0.3, 0.4) is 0 Å². The van der Waals surface area contributed by atoms with E-state index in [-0.39, 0.29) is 11.7 Å². The fourth-order valence-corrected chi connectivity index (χ4v) is 1.39. The molecule has 0 aromatic carbocycles. The van der Waals surface area contributed by atoms with Crippen molar-refractivity contribution in [3.63, 3.8) is 0 Å². The quantitative estimate of drug-likeness (QED) is 0.630. The number of aryl methyl sites for hydroxylation is 1. The van der Waals surface area contributed by atoms with E-state index in [4.69, 9.17) is 9.52 Å². The van der Waals surface area contributed by atoms with Crippen molar-refractivity contribution in [1.29, 1.82) is 0 Å². The zero-order chi connectivity index (χ0) is 12.8. The fraction of sp³-hybridized carbons (Fsp3) is 0.455. The molecule has 17 heavy (non-hydrogen) atoms. The van der Waals surface area contributed by atoms with E-state index < -0.39 is 5.97 Å². The highest BCUT2D eigenvalue weighted by molar-refractivity contribution is 5.86. The molecule has 3 N–H and O–H groups in total. The van der Waals surface area contributed by atoms with Crippen LogP contribution in [0.15, 0.2) is 10.5 Å². The number of carboxylic acids is 1. The molecule has 1 aromatic rings. The van der Waals surface area contributed by atoms with Crippen LogP contribution in [0.25, 0.3) is 0 Å². The number of amides is 1. The first-order valence-corrected chi connectivity index (χ1v) is 5.28. The van der Waals surface area contributed by atoms with Gasteiger partial charge in [-0.25, -0.2) is 4.79 Å². The van der Waals surface area contributed by atoms with Gasteiger partial charge in [0.05, 0.1) is 6.54 Å². The number of carbonyl (C=O) groups excluding carboxylic acids is 1. The topological polar surface area (TPSA) is 91.6 Å². The number of carbonyl (C=O) groups is 2. The summed E-state index contributed by atoms with van der Waals surface area (Å²) in [6, 6.07) is 1.68. The Balaban J connectivity index is 2.40. The Bertz CT molecular complexity index is 412. The smallest absolute Gasteiger partial charge is 0.372 e. The number of hydrogen-bond donors (Lipinski definition) is 3. The van der Waals surface area contributed by atoms with Gasteiger partial charge in [-0.15, -0.1) is 0 Å². The van der Waals surface area contributed by atoms with Crippen LogP contribution in [0.2, 0.25) is 0 Å². The number of aromatic carboxylic acids is 1. The van der Waals surface area contributed by atoms with Crippen molar-refractivity contribution in [3.05, 3.63) is 23.2 Å². The lowest BCUT2D eigenvalue weighted by Gasteiger charge is -2.01. The third-order valence-corrected chi connectivity index (χ3v) is 2.27. The van der Waals surface area contributed by atoms with Crippen LogP contribution in [0.1, 0.15) is 28.3 Å². The van der Waals surface area contributed by atoms with Gasteiger partial charge >= 0.3 is 5.97 Å². The van der Waals surface area contributed by atoms with Gasteiger partial charge in [-0.05, 0) is 13.0 Å². The monoisotopic (exact) mass is 240 g/mol. The number of carboxylic acid groups (broad SMARTS) is 1. The highest BCUT2D eigenvalue weighted by Crippen LogP contribution is 2.14. The Morgan fingerprint density at radius 3 is 2.71 bits per heavy atom. The lowest BCUT2D eigenvalue weighted by Crippen LogP contribution is -2.24. The molecule has 0 radical (unpaired) electrons. The molecular weight excluding hydrogens is 224 g/mol. The minimum Gasteiger partial charge on any atom is -0.475 e. The summed E-state index contributed by atoms with van der Waals surface area (Å²) < 4.78 is 5.15. The second kappa shape index (κ2) is 6.05. The van der Waals surface area contributed by atoms with Crippen molar-refractivity contribution < 1.29 is 19.1 Å². The van der Waals surface area contributed by atoms with Gasteiger partial charge in [0, 0.05) is 25.6 Å². The molecule has 94 valence electrons. The molecule has 6 heteroatoms. The van der Waals surface area contributed by atoms with Gasteiger partial charge in [-0.1, -0.05) is 0 Å². The predicted molar refractivity (Wildman–Crippen MR) is 60.8 cm³/mol. The van der Waals surface area contributed by atoms with Crippen LogP contribution in [-0.2, 0) is 11.3 Å². The number of rotatable bonds is 6. The molecule has 0 aliphatic heterocycles. The number of hydrogen-bond acceptors (Lipinski definition) is 4. The average molecular weight is 240 g/mol. The molecule has 0 bridgehead atoms. The number of furan rings is 1. The molecule has 0 aliphatic carbocycles. The molecule has 0 saturated carbocycles. The van der Waals surface area contributed by atoms with E-state index in [2.05, 4.69) is 10.6 Å². The van der Waals surface area contributed by atoms with E-state index in [0.717, 1.165) is 0 Å². The van der Waals surface area contributed by atoms with Crippen LogP contribution in [-0.4, -0.2) is 30.6 Å². The fourth-order valence-electron chi connectivity index (χ4n) is 1.39. The molecule has 1 amide bonds. The Morgan fingerprint density at radius 1 is 1.47 bits per heavy atom. The standard InChI is InChI=1S/C11H16N2O4/c1-7-5-8(17-10(7)11(15)16)6-13-4-3-9(14)12-2/h5,13H,3-4,6H2,1-2H3,(H,12,14)(H,15,16). The first-order valence-electron chi connectivity index (χ1n) is 5.28. The zero-order valence-electron chi connectivity index (χ0n) is 9.87. The van der Waals surface area contributed by atoms with Crippen LogP contribution in [0.5, 0.6) is 0 Å². The minimum absolute atomic E-state index is 0.0342. The average Bonchev–Trinajstić information content (AvgIpc) is 2.65. The van der Waals surface area contributed by atoms with Crippen molar-refractivity contribution in [2.24, 2.45) is 0 Å². The summed E-state index contributed by atoms with van der Waals surface area (Å²) >= 11 is 0. The summed E-state index contributed by atoms with van der Waals surface area (Å²) in [7, 11) is 1.58. The molecule has 1 aromatic heterocycles. The molecule has 0 fully saturated rings. The van der Waals surface area contributed by atoms with Crippen LogP contribution in [0.4, 0.5) is 0 Å². The molecule has 1 rings (SSSR count). The van der Waals surface area contributed by atoms with E-state index in [1.807, 2.05) is 0 Å². The lowest BCUT2D eigenvalue weighted by atomic mass is 10.2. The molecule has 1 heterocycles. The molecular formula is C11H16N2O4. The maximum Gasteiger partial charge on any atom is 0.372 e. The molecule has 0 atom stereocenters. The Labute approximate surface area is 99.0 Å². The predicted octanol–water partition coefficient (Wildman–Crippen LogP) is 0.512. The Kier molecular flexibility index (Phi) is 4.71. The Morgan fingerprint density at radius 2 is 2.18 bits per heavy atom. The van der Waals surface area contributed by atoms with Gasteiger partial charge in [0.15, 0.2) is 0 Å². The molecule has 6 nitrogen and oxygen atoms in total. The summed E-state index contributed by atoms with van der Waals surface area (Å²) in [6.07, 6.45) is 0.377. The maximum atomic E-state index is 10.9. The molecule has 0 saturated heterocycles. The first kappa shape index (κ1) is 13.2. The van der Waals surface area contributed by atoms with Gasteiger partial charge in [0.2, 0.25) is 11.7 Å². The van der Waals surface area contributed by atoms with E-state index in [9.17, 15) is 9.59 Å². The van der Waals surface area contributed by atoms with E-state index >= 15 is 0 Å². The Hall–Kier alpha value is -1.82. The summed E-state index contributed by atoms with van der Waals surface area (Å²) in [5.41, 5.74) is 0.598. The lowest BCUT2D eigenvalue weighted by molar-refractivity contribution is -0.120. The van der Waals surface area contributed by atoms with Gasteiger partial charge in [-0.3, -0.25) is 4.79 Å². The first-order chi connectivity index (χ1) is 8.04. The van der Waals surface area contributed by atoms with Crippen LogP contribution >= 0.6 is 0 Å². The largest absolute Gasteiger partial charge is 0.475 e. The summed E-state index contributed by atoms with van der Waals surface area (Å²) in [4.78, 5) is 21.6. The van der Waals surface area contributed by atoms with E-state index in [1.165, 1.54) is 0 Å². The number of nitrogens with one attached hydrogen (secondary N) is 2. The normalized spacial score (nSPS) is 10.2. The SMILES string of the molecule is CNC(=O)CCNCc1cc(C)c(C(=O)O)o1. The summed E-state index contributed by atoms with van der Waals surface area (Å²) in [5, 5.41) is 14.3.